The molecule has 0 saturated heterocycles. The Morgan fingerprint density at radius 2 is 1.92 bits per heavy atom. The van der Waals surface area contributed by atoms with Crippen LogP contribution in [0.2, 0.25) is 0 Å². The van der Waals surface area contributed by atoms with Gasteiger partial charge in [0.1, 0.15) is 6.67 Å². The van der Waals surface area contributed by atoms with Crippen LogP contribution in [0.5, 0.6) is 0 Å². The molecule has 2 aliphatic rings. The summed E-state index contributed by atoms with van der Waals surface area (Å²) in [5, 5.41) is 6.28. The normalized spacial score (nSPS) is 18.4. The first-order chi connectivity index (χ1) is 17.9. The van der Waals surface area contributed by atoms with Crippen molar-refractivity contribution in [3.05, 3.63) is 35.1 Å². The minimum Gasteiger partial charge on any atom is -0.296 e. The van der Waals surface area contributed by atoms with E-state index in [1.54, 1.807) is 19.9 Å². The summed E-state index contributed by atoms with van der Waals surface area (Å²) in [4.78, 5) is 4.14. The standard InChI is InChI=1S/C22H25F3N6O4S3/c1-13(2)38(34,35)30-7-3-14(4-8-30)16-9-15(37(32,33)29-22(12-23)5-6-22)11-31-17(16)10-26-19(31)21-28-27-20(36-21)18(24)25/h3,9-11,13,18,29H,4-8,12H2,1-2H3. The van der Waals surface area contributed by atoms with Crippen LogP contribution in [0, 0.1) is 0 Å². The summed E-state index contributed by atoms with van der Waals surface area (Å²) < 4.78 is 96.8. The molecule has 0 aromatic carbocycles. The number of sulfonamides is 2. The van der Waals surface area contributed by atoms with Crippen LogP contribution >= 0.6 is 11.3 Å². The number of nitrogens with zero attached hydrogens (tertiary/aromatic N) is 5. The average Bonchev–Trinajstić information content (AvgIpc) is 3.27. The van der Waals surface area contributed by atoms with Crippen molar-refractivity contribution < 1.29 is 30.0 Å². The molecule has 0 bridgehead atoms. The van der Waals surface area contributed by atoms with Crippen molar-refractivity contribution in [1.29, 1.82) is 0 Å². The van der Waals surface area contributed by atoms with Crippen LogP contribution in [0.15, 0.2) is 29.4 Å². The van der Waals surface area contributed by atoms with Gasteiger partial charge in [0.05, 0.1) is 27.4 Å². The molecule has 1 N–H and O–H groups in total. The first-order valence-electron chi connectivity index (χ1n) is 11.8. The molecule has 0 radical (unpaired) electrons. The molecule has 38 heavy (non-hydrogen) atoms. The molecule has 3 aromatic rings. The Labute approximate surface area is 221 Å². The lowest BCUT2D eigenvalue weighted by molar-refractivity contribution is 0.150. The van der Waals surface area contributed by atoms with Crippen LogP contribution in [0.25, 0.3) is 21.9 Å². The van der Waals surface area contributed by atoms with Crippen LogP contribution < -0.4 is 4.72 Å². The molecule has 10 nitrogen and oxygen atoms in total. The summed E-state index contributed by atoms with van der Waals surface area (Å²) in [5.74, 6) is 0.120. The summed E-state index contributed by atoms with van der Waals surface area (Å²) in [5.41, 5.74) is 0.529. The molecule has 206 valence electrons. The third-order valence-corrected chi connectivity index (χ3v) is 11.4. The van der Waals surface area contributed by atoms with Crippen molar-refractivity contribution in [3.63, 3.8) is 0 Å². The third-order valence-electron chi connectivity index (χ3n) is 6.68. The highest BCUT2D eigenvalue weighted by Crippen LogP contribution is 2.38. The van der Waals surface area contributed by atoms with Gasteiger partial charge in [0.15, 0.2) is 15.8 Å². The number of hydrogen-bond donors (Lipinski definition) is 1. The van der Waals surface area contributed by atoms with E-state index in [2.05, 4.69) is 19.9 Å². The Bertz CT molecular complexity index is 1630. The van der Waals surface area contributed by atoms with Crippen LogP contribution in [-0.2, 0) is 20.0 Å². The van der Waals surface area contributed by atoms with Gasteiger partial charge in [-0.05, 0) is 44.7 Å². The Balaban J connectivity index is 1.62. The lowest BCUT2D eigenvalue weighted by Gasteiger charge is -2.28. The monoisotopic (exact) mass is 590 g/mol. The number of pyridine rings is 1. The first kappa shape index (κ1) is 27.2. The van der Waals surface area contributed by atoms with E-state index >= 15 is 0 Å². The molecule has 16 heteroatoms. The molecular weight excluding hydrogens is 565 g/mol. The summed E-state index contributed by atoms with van der Waals surface area (Å²) in [7, 11) is -7.65. The van der Waals surface area contributed by atoms with E-state index in [-0.39, 0.29) is 28.8 Å². The van der Waals surface area contributed by atoms with Gasteiger partial charge in [0.2, 0.25) is 20.0 Å². The van der Waals surface area contributed by atoms with Crippen LogP contribution in [-0.4, -0.2) is 71.3 Å². The summed E-state index contributed by atoms with van der Waals surface area (Å²) in [6.45, 7) is 2.67. The number of nitrogens with one attached hydrogen (secondary N) is 1. The van der Waals surface area contributed by atoms with Gasteiger partial charge in [-0.3, -0.25) is 4.40 Å². The van der Waals surface area contributed by atoms with Gasteiger partial charge in [-0.25, -0.2) is 39.7 Å². The summed E-state index contributed by atoms with van der Waals surface area (Å²) in [6.07, 6.45) is 2.72. The van der Waals surface area contributed by atoms with Crippen molar-refractivity contribution in [2.45, 2.75) is 55.2 Å². The van der Waals surface area contributed by atoms with Crippen molar-refractivity contribution in [3.8, 4) is 10.8 Å². The maximum Gasteiger partial charge on any atom is 0.291 e. The molecule has 1 aliphatic heterocycles. The Hall–Kier alpha value is -2.40. The predicted octanol–water partition coefficient (Wildman–Crippen LogP) is 3.40. The van der Waals surface area contributed by atoms with Crippen molar-refractivity contribution in [1.82, 2.24) is 28.6 Å². The molecule has 4 heterocycles. The van der Waals surface area contributed by atoms with Crippen molar-refractivity contribution >= 4 is 42.5 Å². The van der Waals surface area contributed by atoms with Gasteiger partial charge in [0, 0.05) is 24.8 Å². The Morgan fingerprint density at radius 3 is 2.47 bits per heavy atom. The van der Waals surface area contributed by atoms with Crippen molar-refractivity contribution in [2.75, 3.05) is 19.8 Å². The zero-order valence-electron chi connectivity index (χ0n) is 20.4. The first-order valence-corrected chi connectivity index (χ1v) is 15.6. The van der Waals surface area contributed by atoms with E-state index in [0.29, 0.717) is 47.3 Å². The number of imidazole rings is 1. The molecule has 0 spiro atoms. The van der Waals surface area contributed by atoms with Gasteiger partial charge in [-0.15, -0.1) is 10.2 Å². The highest BCUT2D eigenvalue weighted by molar-refractivity contribution is 7.89. The second kappa shape index (κ2) is 9.66. The number of fused-ring (bicyclic) bond motifs is 1. The van der Waals surface area contributed by atoms with E-state index in [1.165, 1.54) is 27.2 Å². The number of aromatic nitrogens is 4. The minimum atomic E-state index is -4.18. The maximum atomic E-state index is 13.5. The van der Waals surface area contributed by atoms with Crippen LogP contribution in [0.1, 0.15) is 50.1 Å². The molecule has 3 aromatic heterocycles. The average molecular weight is 591 g/mol. The Morgan fingerprint density at radius 1 is 1.18 bits per heavy atom. The predicted molar refractivity (Wildman–Crippen MR) is 136 cm³/mol. The zero-order valence-corrected chi connectivity index (χ0v) is 22.9. The highest BCUT2D eigenvalue weighted by Gasteiger charge is 2.46. The fourth-order valence-electron chi connectivity index (χ4n) is 4.23. The Kier molecular flexibility index (Phi) is 6.91. The smallest absolute Gasteiger partial charge is 0.291 e. The van der Waals surface area contributed by atoms with E-state index in [9.17, 15) is 30.0 Å². The van der Waals surface area contributed by atoms with Gasteiger partial charge in [0.25, 0.3) is 6.43 Å². The second-order valence-electron chi connectivity index (χ2n) is 9.62. The van der Waals surface area contributed by atoms with Gasteiger partial charge in [-0.2, -0.15) is 4.31 Å². The van der Waals surface area contributed by atoms with Crippen molar-refractivity contribution in [2.24, 2.45) is 0 Å². The fourth-order valence-corrected chi connectivity index (χ4v) is 7.61. The molecule has 0 atom stereocenters. The van der Waals surface area contributed by atoms with E-state index in [0.717, 1.165) is 0 Å². The topological polar surface area (TPSA) is 127 Å². The molecule has 5 rings (SSSR count). The number of halogens is 3. The SMILES string of the molecule is CC(C)S(=O)(=O)N1CC=C(c2cc(S(=O)(=O)NC3(CF)CC3)cn3c(-c4nnc(C(F)F)s4)ncc23)CC1. The maximum absolute atomic E-state index is 13.5. The molecule has 1 aliphatic carbocycles. The number of hydrogen-bond acceptors (Lipinski definition) is 8. The largest absolute Gasteiger partial charge is 0.296 e. The third kappa shape index (κ3) is 4.87. The highest BCUT2D eigenvalue weighted by atomic mass is 32.2. The molecular formula is C22H25F3N6O4S3. The van der Waals surface area contributed by atoms with E-state index in [4.69, 9.17) is 0 Å². The molecule has 0 amide bonds. The molecule has 1 fully saturated rings. The number of rotatable bonds is 9. The fraction of sp³-hybridized carbons (Fsp3) is 0.500. The van der Waals surface area contributed by atoms with Gasteiger partial charge < -0.3 is 0 Å². The van der Waals surface area contributed by atoms with E-state index in [1.807, 2.05) is 0 Å². The van der Waals surface area contributed by atoms with Gasteiger partial charge >= 0.3 is 0 Å². The number of alkyl halides is 3. The second-order valence-corrected chi connectivity index (χ2v) is 14.8. The van der Waals surface area contributed by atoms with Crippen LogP contribution in [0.4, 0.5) is 13.2 Å². The van der Waals surface area contributed by atoms with E-state index < -0.39 is 48.9 Å². The van der Waals surface area contributed by atoms with Crippen LogP contribution in [0.3, 0.4) is 0 Å². The lowest BCUT2D eigenvalue weighted by atomic mass is 10.0. The molecule has 0 unspecified atom stereocenters. The minimum absolute atomic E-state index is 0.0722. The van der Waals surface area contributed by atoms with Gasteiger partial charge in [-0.1, -0.05) is 17.4 Å². The summed E-state index contributed by atoms with van der Waals surface area (Å²) in [6, 6.07) is 1.45. The zero-order chi connectivity index (χ0) is 27.5. The summed E-state index contributed by atoms with van der Waals surface area (Å²) >= 11 is 0.639. The molecule has 1 saturated carbocycles. The quantitative estimate of drug-likeness (QED) is 0.405. The lowest BCUT2D eigenvalue weighted by Crippen LogP contribution is -2.39.